The van der Waals surface area contributed by atoms with Crippen molar-refractivity contribution in [2.75, 3.05) is 26.4 Å². The van der Waals surface area contributed by atoms with Crippen LogP contribution in [0.2, 0.25) is 5.35 Å². The Kier molecular flexibility index (Phi) is 10.6. The van der Waals surface area contributed by atoms with Gasteiger partial charge in [0.1, 0.15) is 24.0 Å². The normalized spacial score (nSPS) is 12.3. The molecule has 0 saturated heterocycles. The van der Waals surface area contributed by atoms with Gasteiger partial charge in [0.15, 0.2) is 11.4 Å². The van der Waals surface area contributed by atoms with E-state index in [1.54, 1.807) is 32.0 Å². The molecule has 2 aromatic carbocycles. The highest BCUT2D eigenvalue weighted by atomic mass is 35.5. The molecule has 2 N–H and O–H groups in total. The third-order valence-corrected chi connectivity index (χ3v) is 6.07. The third kappa shape index (κ3) is 7.90. The zero-order valence-corrected chi connectivity index (χ0v) is 23.6. The van der Waals surface area contributed by atoms with Gasteiger partial charge in [-0.25, -0.2) is 14.6 Å². The lowest BCUT2D eigenvalue weighted by Gasteiger charge is -2.01. The first kappa shape index (κ1) is 30.6. The van der Waals surface area contributed by atoms with Crippen molar-refractivity contribution in [1.29, 1.82) is 0 Å². The predicted molar refractivity (Wildman–Crippen MR) is 150 cm³/mol. The second-order valence-electron chi connectivity index (χ2n) is 8.72. The first-order chi connectivity index (χ1) is 20.3. The van der Waals surface area contributed by atoms with Gasteiger partial charge in [-0.1, -0.05) is 12.1 Å². The minimum absolute atomic E-state index is 0.0620. The lowest BCUT2D eigenvalue weighted by atomic mass is 9.79. The van der Waals surface area contributed by atoms with Crippen LogP contribution >= 0.6 is 11.6 Å². The van der Waals surface area contributed by atoms with E-state index in [2.05, 4.69) is 19.1 Å². The van der Waals surface area contributed by atoms with Crippen LogP contribution in [-0.4, -0.2) is 65.5 Å². The van der Waals surface area contributed by atoms with E-state index >= 15 is 0 Å². The molecule has 42 heavy (non-hydrogen) atoms. The van der Waals surface area contributed by atoms with Crippen molar-refractivity contribution in [3.63, 3.8) is 0 Å². The van der Waals surface area contributed by atoms with E-state index < -0.39 is 19.1 Å². The summed E-state index contributed by atoms with van der Waals surface area (Å²) in [5.41, 5.74) is 3.83. The van der Waals surface area contributed by atoms with Crippen molar-refractivity contribution < 1.29 is 47.4 Å². The number of rotatable bonds is 6. The largest absolute Gasteiger partial charge is 0.493 e. The molecule has 0 bridgehead atoms. The van der Waals surface area contributed by atoms with Crippen LogP contribution in [0.15, 0.2) is 57.8 Å². The van der Waals surface area contributed by atoms with Gasteiger partial charge in [0.25, 0.3) is 5.35 Å². The van der Waals surface area contributed by atoms with Crippen LogP contribution in [0.4, 0.5) is 0 Å². The number of aromatic nitrogens is 2. The summed E-state index contributed by atoms with van der Waals surface area (Å²) in [6.07, 6.45) is 4.21. The predicted octanol–water partition coefficient (Wildman–Crippen LogP) is 3.26. The molecule has 14 heteroatoms. The van der Waals surface area contributed by atoms with Crippen molar-refractivity contribution in [3.8, 4) is 23.0 Å². The van der Waals surface area contributed by atoms with Crippen LogP contribution in [0.3, 0.4) is 0 Å². The molecule has 0 spiro atoms. The van der Waals surface area contributed by atoms with E-state index in [1.807, 2.05) is 18.2 Å². The second kappa shape index (κ2) is 14.5. The summed E-state index contributed by atoms with van der Waals surface area (Å²) < 4.78 is 30.1. The number of hydrogen-bond donors (Lipinski definition) is 2. The Labute approximate surface area is 246 Å². The third-order valence-electron chi connectivity index (χ3n) is 5.90. The van der Waals surface area contributed by atoms with Crippen LogP contribution in [0, 0.1) is 0 Å². The molecule has 0 aliphatic carbocycles. The monoisotopic (exact) mass is 598 g/mol. The zero-order valence-electron chi connectivity index (χ0n) is 22.9. The summed E-state index contributed by atoms with van der Waals surface area (Å²) >= 11 is 5.32. The number of fused-ring (bicyclic) bond motifs is 2. The van der Waals surface area contributed by atoms with Gasteiger partial charge < -0.3 is 37.8 Å². The van der Waals surface area contributed by atoms with Gasteiger partial charge in [-0.15, -0.1) is 0 Å². The number of hydrogen-bond acceptors (Lipinski definition) is 12. The average Bonchev–Trinajstić information content (AvgIpc) is 3.80. The van der Waals surface area contributed by atoms with Crippen molar-refractivity contribution in [1.82, 2.24) is 9.97 Å². The molecule has 4 heterocycles. The maximum Gasteiger partial charge on any atom is 0.488 e. The van der Waals surface area contributed by atoms with E-state index in [9.17, 15) is 9.59 Å². The highest BCUT2D eigenvalue weighted by molar-refractivity contribution is 6.58. The molecule has 6 rings (SSSR count). The number of ether oxygens (including phenoxy) is 4. The Balaban J connectivity index is 0.000000153. The van der Waals surface area contributed by atoms with E-state index in [0.717, 1.165) is 47.3 Å². The lowest BCUT2D eigenvalue weighted by molar-refractivity contribution is 0.0510. The summed E-state index contributed by atoms with van der Waals surface area (Å²) in [6, 6.07) is 10.9. The number of esters is 2. The van der Waals surface area contributed by atoms with Gasteiger partial charge in [0, 0.05) is 18.4 Å². The number of benzene rings is 2. The first-order valence-corrected chi connectivity index (χ1v) is 13.5. The Morgan fingerprint density at radius 1 is 0.857 bits per heavy atom. The molecular formula is C28H28BClN2O10. The van der Waals surface area contributed by atoms with Gasteiger partial charge in [-0.3, -0.25) is 0 Å². The summed E-state index contributed by atoms with van der Waals surface area (Å²) in [7, 11) is -1.38. The topological polar surface area (TPSA) is 164 Å². The number of oxazole rings is 2. The Morgan fingerprint density at radius 3 is 2.00 bits per heavy atom. The van der Waals surface area contributed by atoms with Crippen molar-refractivity contribution in [2.45, 2.75) is 26.7 Å². The van der Waals surface area contributed by atoms with Crippen LogP contribution in [0.25, 0.3) is 11.5 Å². The van der Waals surface area contributed by atoms with E-state index in [1.165, 1.54) is 6.26 Å². The van der Waals surface area contributed by atoms with Gasteiger partial charge >= 0.3 is 19.1 Å². The number of carbonyl (C=O) groups excluding carboxylic acids is 2. The highest BCUT2D eigenvalue weighted by Gasteiger charge is 2.18. The van der Waals surface area contributed by atoms with Crippen molar-refractivity contribution >= 4 is 36.1 Å². The minimum Gasteiger partial charge on any atom is -0.493 e. The summed E-state index contributed by atoms with van der Waals surface area (Å²) in [5.74, 6) is 1.18. The molecule has 0 radical (unpaired) electrons. The summed E-state index contributed by atoms with van der Waals surface area (Å²) in [4.78, 5) is 30.1. The number of nitrogens with zero attached hydrogens (tertiary/aromatic N) is 2. The van der Waals surface area contributed by atoms with Gasteiger partial charge in [0.2, 0.25) is 5.89 Å². The molecule has 2 aliphatic heterocycles. The Hall–Kier alpha value is -4.33. The summed E-state index contributed by atoms with van der Waals surface area (Å²) in [6.45, 7) is 5.48. The van der Waals surface area contributed by atoms with E-state index in [4.69, 9.17) is 40.3 Å². The van der Waals surface area contributed by atoms with Gasteiger partial charge in [-0.2, -0.15) is 4.98 Å². The molecular weight excluding hydrogens is 571 g/mol. The standard InChI is InChI=1S/C14H13NO4.C8H9BO3.C6H6ClNO3/c1-2-17-14(16)11-8-19-13(15-11)10-3-4-12-9(7-10)5-6-18-12;10-9(11)7-1-2-8-6(5-7)3-4-12-8;1-2-10-5(9)4-3-11-6(7)8-4/h3-4,7-8H,2,5-6H2,1H3;1-2,5,10-11H,3-4H2;3H,2H2,1H3. The SMILES string of the molecule is CCOC(=O)c1coc(-c2ccc3c(c2)CCO3)n1.CCOC(=O)c1coc(Cl)n1.OB(O)c1ccc2c(c1)CCO2. The maximum absolute atomic E-state index is 11.5. The molecule has 0 unspecified atom stereocenters. The zero-order chi connectivity index (χ0) is 30.1. The maximum atomic E-state index is 11.5. The fourth-order valence-corrected chi connectivity index (χ4v) is 4.08. The molecule has 0 saturated carbocycles. The Morgan fingerprint density at radius 2 is 1.43 bits per heavy atom. The van der Waals surface area contributed by atoms with Crippen molar-refractivity contribution in [3.05, 3.63) is 76.8 Å². The van der Waals surface area contributed by atoms with E-state index in [0.29, 0.717) is 37.8 Å². The summed E-state index contributed by atoms with van der Waals surface area (Å²) in [5, 5.41) is 17.7. The fraction of sp³-hybridized carbons (Fsp3) is 0.286. The van der Waals surface area contributed by atoms with Crippen LogP contribution in [0.1, 0.15) is 46.0 Å². The first-order valence-electron chi connectivity index (χ1n) is 13.1. The molecule has 0 atom stereocenters. The van der Waals surface area contributed by atoms with Gasteiger partial charge in [-0.05, 0) is 66.3 Å². The van der Waals surface area contributed by atoms with Crippen LogP contribution in [-0.2, 0) is 22.3 Å². The fourth-order valence-electron chi connectivity index (χ4n) is 3.94. The van der Waals surface area contributed by atoms with Gasteiger partial charge in [0.05, 0.1) is 26.4 Å². The Bertz CT molecular complexity index is 1520. The number of carbonyl (C=O) groups is 2. The minimum atomic E-state index is -1.38. The van der Waals surface area contributed by atoms with Crippen LogP contribution < -0.4 is 14.9 Å². The molecule has 2 aromatic heterocycles. The molecule has 220 valence electrons. The second-order valence-corrected chi connectivity index (χ2v) is 9.05. The smallest absolute Gasteiger partial charge is 0.488 e. The van der Waals surface area contributed by atoms with E-state index in [-0.39, 0.29) is 16.7 Å². The molecule has 2 aliphatic rings. The number of halogens is 1. The molecule has 12 nitrogen and oxygen atoms in total. The molecule has 0 amide bonds. The average molecular weight is 599 g/mol. The van der Waals surface area contributed by atoms with Crippen LogP contribution in [0.5, 0.6) is 11.5 Å². The van der Waals surface area contributed by atoms with Crippen molar-refractivity contribution in [2.24, 2.45) is 0 Å². The molecule has 4 aromatic rings. The lowest BCUT2D eigenvalue weighted by Crippen LogP contribution is -2.29. The highest BCUT2D eigenvalue weighted by Crippen LogP contribution is 2.30. The molecule has 0 fully saturated rings. The quantitative estimate of drug-likeness (QED) is 0.246.